The van der Waals surface area contributed by atoms with E-state index in [2.05, 4.69) is 28.2 Å². The summed E-state index contributed by atoms with van der Waals surface area (Å²) < 4.78 is 14.0. The number of hydrogen-bond donors (Lipinski definition) is 1. The van der Waals surface area contributed by atoms with Crippen LogP contribution in [0.1, 0.15) is 30.3 Å². The molecule has 1 aliphatic rings. The lowest BCUT2D eigenvalue weighted by molar-refractivity contribution is 0.615. The highest BCUT2D eigenvalue weighted by Gasteiger charge is 2.18. The van der Waals surface area contributed by atoms with Crippen molar-refractivity contribution in [2.24, 2.45) is 0 Å². The molecule has 0 unspecified atom stereocenters. The highest BCUT2D eigenvalue weighted by Crippen LogP contribution is 2.28. The standard InChI is InChI=1S/C16H17BrFN3/c1-2-3-14-12-9-19-7-6-15(12)21-16(20-14)11-5-4-10(18)8-13(11)17/h4-5,8,19H,2-3,6-7,9H2,1H3. The van der Waals surface area contributed by atoms with Gasteiger partial charge in [0.2, 0.25) is 0 Å². The first-order valence-corrected chi connectivity index (χ1v) is 8.03. The van der Waals surface area contributed by atoms with E-state index in [1.54, 1.807) is 6.07 Å². The lowest BCUT2D eigenvalue weighted by atomic mass is 10.0. The molecule has 0 spiro atoms. The van der Waals surface area contributed by atoms with Crippen LogP contribution in [-0.4, -0.2) is 16.5 Å². The second-order valence-corrected chi connectivity index (χ2v) is 6.07. The molecule has 0 amide bonds. The van der Waals surface area contributed by atoms with Crippen LogP contribution in [0.5, 0.6) is 0 Å². The average Bonchev–Trinajstić information content (AvgIpc) is 2.47. The van der Waals surface area contributed by atoms with E-state index < -0.39 is 0 Å². The second kappa shape index (κ2) is 6.20. The van der Waals surface area contributed by atoms with Crippen molar-refractivity contribution in [3.8, 4) is 11.4 Å². The molecular weight excluding hydrogens is 333 g/mol. The van der Waals surface area contributed by atoms with Crippen molar-refractivity contribution in [1.82, 2.24) is 15.3 Å². The fraction of sp³-hybridized carbons (Fsp3) is 0.375. The normalized spacial score (nSPS) is 14.0. The second-order valence-electron chi connectivity index (χ2n) is 5.22. The summed E-state index contributed by atoms with van der Waals surface area (Å²) in [5.41, 5.74) is 4.32. The number of halogens is 2. The predicted molar refractivity (Wildman–Crippen MR) is 84.5 cm³/mol. The van der Waals surface area contributed by atoms with E-state index in [-0.39, 0.29) is 5.82 Å². The maximum atomic E-state index is 13.3. The lowest BCUT2D eigenvalue weighted by Gasteiger charge is -2.20. The van der Waals surface area contributed by atoms with E-state index in [9.17, 15) is 4.39 Å². The van der Waals surface area contributed by atoms with Gasteiger partial charge >= 0.3 is 0 Å². The van der Waals surface area contributed by atoms with Crippen LogP contribution in [-0.2, 0) is 19.4 Å². The summed E-state index contributed by atoms with van der Waals surface area (Å²) in [5, 5.41) is 3.38. The molecule has 1 aromatic heterocycles. The van der Waals surface area contributed by atoms with Gasteiger partial charge in [-0.25, -0.2) is 14.4 Å². The fourth-order valence-electron chi connectivity index (χ4n) is 2.65. The predicted octanol–water partition coefficient (Wildman–Crippen LogP) is 3.64. The molecule has 2 heterocycles. The highest BCUT2D eigenvalue weighted by molar-refractivity contribution is 9.10. The molecule has 0 fully saturated rings. The zero-order valence-corrected chi connectivity index (χ0v) is 13.5. The first-order chi connectivity index (χ1) is 10.2. The Morgan fingerprint density at radius 2 is 2.19 bits per heavy atom. The minimum atomic E-state index is -0.262. The molecule has 0 saturated heterocycles. The van der Waals surface area contributed by atoms with Gasteiger partial charge in [-0.1, -0.05) is 13.3 Å². The van der Waals surface area contributed by atoms with Crippen molar-refractivity contribution in [3.63, 3.8) is 0 Å². The highest BCUT2D eigenvalue weighted by atomic mass is 79.9. The van der Waals surface area contributed by atoms with E-state index in [1.807, 2.05) is 0 Å². The third kappa shape index (κ3) is 2.99. The Balaban J connectivity index is 2.12. The van der Waals surface area contributed by atoms with Gasteiger partial charge in [-0.2, -0.15) is 0 Å². The zero-order valence-electron chi connectivity index (χ0n) is 11.9. The Morgan fingerprint density at radius 3 is 2.95 bits per heavy atom. The molecule has 0 atom stereocenters. The van der Waals surface area contributed by atoms with Crippen molar-refractivity contribution in [2.45, 2.75) is 32.7 Å². The smallest absolute Gasteiger partial charge is 0.160 e. The minimum Gasteiger partial charge on any atom is -0.312 e. The fourth-order valence-corrected chi connectivity index (χ4v) is 3.18. The Kier molecular flexibility index (Phi) is 4.31. The van der Waals surface area contributed by atoms with Crippen LogP contribution in [0.3, 0.4) is 0 Å². The molecule has 0 radical (unpaired) electrons. The van der Waals surface area contributed by atoms with Crippen molar-refractivity contribution < 1.29 is 4.39 Å². The number of nitrogens with one attached hydrogen (secondary N) is 1. The van der Waals surface area contributed by atoms with Gasteiger partial charge < -0.3 is 5.32 Å². The maximum absolute atomic E-state index is 13.3. The maximum Gasteiger partial charge on any atom is 0.160 e. The molecule has 0 saturated carbocycles. The number of fused-ring (bicyclic) bond motifs is 1. The summed E-state index contributed by atoms with van der Waals surface area (Å²) in [7, 11) is 0. The van der Waals surface area contributed by atoms with Gasteiger partial charge in [0.05, 0.1) is 5.69 Å². The summed E-state index contributed by atoms with van der Waals surface area (Å²) >= 11 is 3.41. The van der Waals surface area contributed by atoms with E-state index in [0.29, 0.717) is 10.3 Å². The summed E-state index contributed by atoms with van der Waals surface area (Å²) in [5.74, 6) is 0.424. The number of aromatic nitrogens is 2. The van der Waals surface area contributed by atoms with E-state index in [0.717, 1.165) is 49.3 Å². The lowest BCUT2D eigenvalue weighted by Crippen LogP contribution is -2.26. The van der Waals surface area contributed by atoms with Gasteiger partial charge in [0.1, 0.15) is 5.82 Å². The SMILES string of the molecule is CCCc1nc(-c2ccc(F)cc2Br)nc2c1CNCC2. The van der Waals surface area contributed by atoms with Gasteiger partial charge in [-0.3, -0.25) is 0 Å². The average molecular weight is 350 g/mol. The van der Waals surface area contributed by atoms with Crippen molar-refractivity contribution in [2.75, 3.05) is 6.54 Å². The largest absolute Gasteiger partial charge is 0.312 e. The van der Waals surface area contributed by atoms with Gasteiger partial charge in [0.15, 0.2) is 5.82 Å². The topological polar surface area (TPSA) is 37.8 Å². The van der Waals surface area contributed by atoms with Gasteiger partial charge in [0, 0.05) is 40.8 Å². The third-order valence-electron chi connectivity index (χ3n) is 3.68. The van der Waals surface area contributed by atoms with Gasteiger partial charge in [-0.15, -0.1) is 0 Å². The summed E-state index contributed by atoms with van der Waals surface area (Å²) in [4.78, 5) is 9.45. The number of hydrogen-bond acceptors (Lipinski definition) is 3. The molecular formula is C16H17BrFN3. The molecule has 3 nitrogen and oxygen atoms in total. The number of nitrogens with zero attached hydrogens (tertiary/aromatic N) is 2. The van der Waals surface area contributed by atoms with Gasteiger partial charge in [0.25, 0.3) is 0 Å². The molecule has 0 bridgehead atoms. The molecule has 5 heteroatoms. The Morgan fingerprint density at radius 1 is 1.33 bits per heavy atom. The Bertz CT molecular complexity index is 673. The van der Waals surface area contributed by atoms with Crippen LogP contribution in [0.4, 0.5) is 4.39 Å². The van der Waals surface area contributed by atoms with E-state index in [4.69, 9.17) is 9.97 Å². The molecule has 1 aliphatic heterocycles. The number of rotatable bonds is 3. The Hall–Kier alpha value is -1.33. The number of aryl methyl sites for hydroxylation is 1. The molecule has 2 aromatic rings. The van der Waals surface area contributed by atoms with Crippen LogP contribution >= 0.6 is 15.9 Å². The Labute approximate surface area is 132 Å². The van der Waals surface area contributed by atoms with Crippen molar-refractivity contribution >= 4 is 15.9 Å². The summed E-state index contributed by atoms with van der Waals surface area (Å²) in [6.45, 7) is 3.94. The van der Waals surface area contributed by atoms with Crippen LogP contribution in [0, 0.1) is 5.82 Å². The van der Waals surface area contributed by atoms with E-state index >= 15 is 0 Å². The van der Waals surface area contributed by atoms with Crippen LogP contribution in [0.25, 0.3) is 11.4 Å². The molecule has 1 aromatic carbocycles. The first kappa shape index (κ1) is 14.6. The summed E-state index contributed by atoms with van der Waals surface area (Å²) in [6, 6.07) is 4.64. The molecule has 21 heavy (non-hydrogen) atoms. The zero-order chi connectivity index (χ0) is 14.8. The number of benzene rings is 1. The molecule has 0 aliphatic carbocycles. The summed E-state index contributed by atoms with van der Waals surface area (Å²) in [6.07, 6.45) is 2.91. The molecule has 3 rings (SSSR count). The van der Waals surface area contributed by atoms with Crippen molar-refractivity contribution in [1.29, 1.82) is 0 Å². The van der Waals surface area contributed by atoms with Crippen molar-refractivity contribution in [3.05, 3.63) is 45.4 Å². The molecule has 1 N–H and O–H groups in total. The molecule has 110 valence electrons. The first-order valence-electron chi connectivity index (χ1n) is 7.24. The van der Waals surface area contributed by atoms with Gasteiger partial charge in [-0.05, 0) is 40.5 Å². The van der Waals surface area contributed by atoms with Crippen LogP contribution < -0.4 is 5.32 Å². The monoisotopic (exact) mass is 349 g/mol. The van der Waals surface area contributed by atoms with Crippen LogP contribution in [0.2, 0.25) is 0 Å². The minimum absolute atomic E-state index is 0.262. The van der Waals surface area contributed by atoms with Crippen LogP contribution in [0.15, 0.2) is 22.7 Å². The third-order valence-corrected chi connectivity index (χ3v) is 4.33. The quantitative estimate of drug-likeness (QED) is 0.918. The van der Waals surface area contributed by atoms with E-state index in [1.165, 1.54) is 17.7 Å².